The van der Waals surface area contributed by atoms with Gasteiger partial charge in [0, 0.05) is 18.6 Å². The van der Waals surface area contributed by atoms with Gasteiger partial charge in [-0.3, -0.25) is 0 Å². The topological polar surface area (TPSA) is 58.2 Å². The fraction of sp³-hybridized carbons (Fsp3) is 0.571. The zero-order valence-corrected chi connectivity index (χ0v) is 13.2. The van der Waals surface area contributed by atoms with Gasteiger partial charge in [0.15, 0.2) is 0 Å². The average Bonchev–Trinajstić information content (AvgIpc) is 2.18. The third kappa shape index (κ3) is 5.72. The lowest BCUT2D eigenvalue weighted by molar-refractivity contribution is 0.420. The Balaban J connectivity index is 2.59. The molecule has 0 aromatic heterocycles. The van der Waals surface area contributed by atoms with Gasteiger partial charge in [-0.1, -0.05) is 18.2 Å². The molecule has 0 aliphatic rings. The number of nitrogens with one attached hydrogen (secondary N) is 2. The van der Waals surface area contributed by atoms with E-state index < -0.39 is 15.6 Å². The van der Waals surface area contributed by atoms with Gasteiger partial charge in [-0.05, 0) is 44.4 Å². The van der Waals surface area contributed by atoms with E-state index in [9.17, 15) is 8.42 Å². The van der Waals surface area contributed by atoms with Crippen molar-refractivity contribution < 1.29 is 8.42 Å². The fourth-order valence-corrected chi connectivity index (χ4v) is 3.24. The van der Waals surface area contributed by atoms with Gasteiger partial charge in [0.1, 0.15) is 0 Å². The highest BCUT2D eigenvalue weighted by Crippen LogP contribution is 2.13. The molecule has 108 valence electrons. The molecule has 0 amide bonds. The van der Waals surface area contributed by atoms with Crippen LogP contribution in [0.2, 0.25) is 0 Å². The number of hydrogen-bond donors (Lipinski definition) is 2. The lowest BCUT2D eigenvalue weighted by Gasteiger charge is -2.25. The van der Waals surface area contributed by atoms with Crippen molar-refractivity contribution in [3.05, 3.63) is 34.9 Å². The number of hydrogen-bond acceptors (Lipinski definition) is 3. The van der Waals surface area contributed by atoms with E-state index in [1.807, 2.05) is 19.9 Å². The van der Waals surface area contributed by atoms with E-state index in [4.69, 9.17) is 0 Å². The molecule has 0 fully saturated rings. The zero-order chi connectivity index (χ0) is 14.7. The second-order valence-electron chi connectivity index (χ2n) is 5.73. The number of rotatable bonds is 6. The maximum absolute atomic E-state index is 11.2. The van der Waals surface area contributed by atoms with Gasteiger partial charge >= 0.3 is 0 Å². The predicted molar refractivity (Wildman–Crippen MR) is 79.7 cm³/mol. The summed E-state index contributed by atoms with van der Waals surface area (Å²) in [5.41, 5.74) is 3.28. The van der Waals surface area contributed by atoms with Crippen molar-refractivity contribution in [2.45, 2.75) is 39.8 Å². The highest BCUT2D eigenvalue weighted by Gasteiger charge is 2.21. The molecular weight excluding hydrogens is 260 g/mol. The van der Waals surface area contributed by atoms with Crippen LogP contribution in [0.25, 0.3) is 0 Å². The fourth-order valence-electron chi connectivity index (χ4n) is 2.17. The van der Waals surface area contributed by atoms with Crippen molar-refractivity contribution in [2.24, 2.45) is 0 Å². The van der Waals surface area contributed by atoms with Crippen LogP contribution in [0.3, 0.4) is 0 Å². The molecule has 2 N–H and O–H groups in total. The van der Waals surface area contributed by atoms with E-state index in [0.717, 1.165) is 6.54 Å². The minimum Gasteiger partial charge on any atom is -0.311 e. The lowest BCUT2D eigenvalue weighted by Crippen LogP contribution is -2.49. The molecule has 0 saturated carbocycles. The van der Waals surface area contributed by atoms with E-state index >= 15 is 0 Å². The average molecular weight is 284 g/mol. The molecule has 0 atom stereocenters. The predicted octanol–water partition coefficient (Wildman–Crippen LogP) is 1.72. The Kier molecular flexibility index (Phi) is 5.12. The Morgan fingerprint density at radius 2 is 1.68 bits per heavy atom. The molecular formula is C14H24N2O2S. The molecule has 1 aromatic carbocycles. The standard InChI is InChI=1S/C14H24N2O2S/c1-11-7-6-8-12(2)13(11)9-15-10-14(3,4)16-19(5,17)18/h6-8,15-16H,9-10H2,1-5H3. The number of aryl methyl sites for hydroxylation is 2. The van der Waals surface area contributed by atoms with E-state index in [2.05, 4.69) is 36.0 Å². The summed E-state index contributed by atoms with van der Waals surface area (Å²) in [7, 11) is -3.18. The Morgan fingerprint density at radius 3 is 2.16 bits per heavy atom. The van der Waals surface area contributed by atoms with Crippen LogP contribution in [0, 0.1) is 13.8 Å². The van der Waals surface area contributed by atoms with Crippen LogP contribution < -0.4 is 10.0 Å². The largest absolute Gasteiger partial charge is 0.311 e. The van der Waals surface area contributed by atoms with Crippen molar-refractivity contribution in [1.82, 2.24) is 10.0 Å². The first-order chi connectivity index (χ1) is 8.61. The maximum atomic E-state index is 11.2. The first-order valence-electron chi connectivity index (χ1n) is 6.35. The van der Waals surface area contributed by atoms with E-state index in [1.54, 1.807) is 0 Å². The third-order valence-corrected chi connectivity index (χ3v) is 3.90. The Labute approximate surface area is 116 Å². The molecule has 4 nitrogen and oxygen atoms in total. The molecule has 0 radical (unpaired) electrons. The van der Waals surface area contributed by atoms with Crippen LogP contribution in [0.1, 0.15) is 30.5 Å². The van der Waals surface area contributed by atoms with Crippen molar-refractivity contribution in [2.75, 3.05) is 12.8 Å². The molecule has 0 saturated heterocycles. The molecule has 0 aliphatic carbocycles. The van der Waals surface area contributed by atoms with Crippen LogP contribution in [0.4, 0.5) is 0 Å². The van der Waals surface area contributed by atoms with Gasteiger partial charge in [0.25, 0.3) is 0 Å². The quantitative estimate of drug-likeness (QED) is 0.836. The summed E-state index contributed by atoms with van der Waals surface area (Å²) in [4.78, 5) is 0. The molecule has 0 bridgehead atoms. The number of sulfonamides is 1. The van der Waals surface area contributed by atoms with Crippen LogP contribution in [0.5, 0.6) is 0 Å². The molecule has 1 aromatic rings. The summed E-state index contributed by atoms with van der Waals surface area (Å²) in [6, 6.07) is 6.22. The Morgan fingerprint density at radius 1 is 1.16 bits per heavy atom. The van der Waals surface area contributed by atoms with Gasteiger partial charge in [0.2, 0.25) is 10.0 Å². The number of benzene rings is 1. The Hall–Kier alpha value is -0.910. The molecule has 0 heterocycles. The van der Waals surface area contributed by atoms with Crippen molar-refractivity contribution in [3.8, 4) is 0 Å². The summed E-state index contributed by atoms with van der Waals surface area (Å²) in [6.07, 6.45) is 1.18. The molecule has 19 heavy (non-hydrogen) atoms. The summed E-state index contributed by atoms with van der Waals surface area (Å²) < 4.78 is 25.1. The molecule has 0 spiro atoms. The van der Waals surface area contributed by atoms with Crippen molar-refractivity contribution in [1.29, 1.82) is 0 Å². The Bertz CT molecular complexity index is 516. The lowest BCUT2D eigenvalue weighted by atomic mass is 10.0. The molecule has 5 heteroatoms. The van der Waals surface area contributed by atoms with Crippen molar-refractivity contribution in [3.63, 3.8) is 0 Å². The maximum Gasteiger partial charge on any atom is 0.209 e. The van der Waals surface area contributed by atoms with Crippen LogP contribution in [-0.4, -0.2) is 26.8 Å². The highest BCUT2D eigenvalue weighted by atomic mass is 32.2. The van der Waals surface area contributed by atoms with Gasteiger partial charge in [-0.15, -0.1) is 0 Å². The van der Waals surface area contributed by atoms with Gasteiger partial charge in [-0.2, -0.15) is 0 Å². The van der Waals surface area contributed by atoms with E-state index in [-0.39, 0.29) is 0 Å². The summed E-state index contributed by atoms with van der Waals surface area (Å²) >= 11 is 0. The minimum atomic E-state index is -3.18. The van der Waals surface area contributed by atoms with Gasteiger partial charge in [-0.25, -0.2) is 13.1 Å². The van der Waals surface area contributed by atoms with Crippen molar-refractivity contribution >= 4 is 10.0 Å². The van der Waals surface area contributed by atoms with E-state index in [0.29, 0.717) is 6.54 Å². The summed E-state index contributed by atoms with van der Waals surface area (Å²) in [5, 5.41) is 3.32. The normalized spacial score (nSPS) is 12.7. The third-order valence-electron chi connectivity index (χ3n) is 2.97. The molecule has 0 unspecified atom stereocenters. The van der Waals surface area contributed by atoms with E-state index in [1.165, 1.54) is 22.9 Å². The zero-order valence-electron chi connectivity index (χ0n) is 12.4. The van der Waals surface area contributed by atoms with Crippen LogP contribution in [-0.2, 0) is 16.6 Å². The first-order valence-corrected chi connectivity index (χ1v) is 8.25. The monoisotopic (exact) mass is 284 g/mol. The van der Waals surface area contributed by atoms with Gasteiger partial charge in [0.05, 0.1) is 6.26 Å². The minimum absolute atomic E-state index is 0.496. The van der Waals surface area contributed by atoms with Crippen LogP contribution in [0.15, 0.2) is 18.2 Å². The smallest absolute Gasteiger partial charge is 0.209 e. The summed E-state index contributed by atoms with van der Waals surface area (Å²) in [5.74, 6) is 0. The second-order valence-corrected chi connectivity index (χ2v) is 7.48. The van der Waals surface area contributed by atoms with Crippen LogP contribution >= 0.6 is 0 Å². The summed E-state index contributed by atoms with van der Waals surface area (Å²) in [6.45, 7) is 9.23. The second kappa shape index (κ2) is 6.03. The molecule has 0 aliphatic heterocycles. The first kappa shape index (κ1) is 16.1. The molecule has 1 rings (SSSR count). The highest BCUT2D eigenvalue weighted by molar-refractivity contribution is 7.88. The SMILES string of the molecule is Cc1cccc(C)c1CNCC(C)(C)NS(C)(=O)=O. The van der Waals surface area contributed by atoms with Gasteiger partial charge < -0.3 is 5.32 Å².